The zero-order valence-corrected chi connectivity index (χ0v) is 12.2. The summed E-state index contributed by atoms with van der Waals surface area (Å²) in [5.41, 5.74) is 0.474. The first-order valence-corrected chi connectivity index (χ1v) is 7.19. The molecule has 2 amide bonds. The Bertz CT molecular complexity index is 942. The number of halogens is 2. The quantitative estimate of drug-likeness (QED) is 0.891. The molecule has 0 saturated carbocycles. The van der Waals surface area contributed by atoms with E-state index in [-0.39, 0.29) is 16.8 Å². The van der Waals surface area contributed by atoms with Gasteiger partial charge in [-0.05, 0) is 17.7 Å². The third-order valence-corrected chi connectivity index (χ3v) is 3.96. The number of hydrogen-bond donors (Lipinski definition) is 2. The van der Waals surface area contributed by atoms with Crippen molar-refractivity contribution < 1.29 is 18.4 Å². The largest absolute Gasteiger partial charge is 0.321 e. The fourth-order valence-corrected chi connectivity index (χ4v) is 2.93. The summed E-state index contributed by atoms with van der Waals surface area (Å²) in [7, 11) is 0. The molecule has 0 spiro atoms. The number of carbonyl (C=O) groups is 2. The van der Waals surface area contributed by atoms with E-state index in [0.29, 0.717) is 11.3 Å². The van der Waals surface area contributed by atoms with Crippen LogP contribution in [0.2, 0.25) is 0 Å². The van der Waals surface area contributed by atoms with E-state index in [1.54, 1.807) is 30.3 Å². The lowest BCUT2D eigenvalue weighted by Crippen LogP contribution is -2.22. The van der Waals surface area contributed by atoms with Crippen LogP contribution in [0.5, 0.6) is 0 Å². The minimum Gasteiger partial charge on any atom is -0.321 e. The van der Waals surface area contributed by atoms with Crippen LogP contribution in [0.1, 0.15) is 11.1 Å². The molecule has 2 aromatic carbocycles. The van der Waals surface area contributed by atoms with Gasteiger partial charge in [-0.25, -0.2) is 8.78 Å². The Kier molecular flexibility index (Phi) is 3.06. The van der Waals surface area contributed by atoms with Crippen LogP contribution in [0.15, 0.2) is 59.7 Å². The van der Waals surface area contributed by atoms with Gasteiger partial charge in [-0.1, -0.05) is 36.4 Å². The van der Waals surface area contributed by atoms with E-state index < -0.39 is 29.0 Å². The van der Waals surface area contributed by atoms with Gasteiger partial charge in [-0.15, -0.1) is 0 Å². The highest BCUT2D eigenvalue weighted by molar-refractivity contribution is 6.30. The van der Waals surface area contributed by atoms with Crippen LogP contribution >= 0.6 is 0 Å². The first-order chi connectivity index (χ1) is 11.6. The Morgan fingerprint density at radius 2 is 1.21 bits per heavy atom. The summed E-state index contributed by atoms with van der Waals surface area (Å²) in [6.07, 6.45) is 0. The molecule has 0 fully saturated rings. The predicted octanol–water partition coefficient (Wildman–Crippen LogP) is 2.35. The summed E-state index contributed by atoms with van der Waals surface area (Å²) >= 11 is 0. The number of amides is 2. The van der Waals surface area contributed by atoms with Crippen LogP contribution in [0, 0.1) is 11.6 Å². The van der Waals surface area contributed by atoms with E-state index in [0.717, 1.165) is 12.1 Å². The van der Waals surface area contributed by atoms with Crippen LogP contribution in [0.4, 0.5) is 8.78 Å². The number of nitrogens with one attached hydrogen (secondary N) is 2. The average Bonchev–Trinajstić information content (AvgIpc) is 3.08. The molecule has 2 aliphatic rings. The Morgan fingerprint density at radius 1 is 0.667 bits per heavy atom. The van der Waals surface area contributed by atoms with Crippen LogP contribution in [-0.2, 0) is 9.59 Å². The number of carbonyl (C=O) groups excluding carboxylic acids is 2. The highest BCUT2D eigenvalue weighted by atomic mass is 19.1. The maximum atomic E-state index is 14.1. The van der Waals surface area contributed by atoms with Crippen molar-refractivity contribution >= 4 is 23.2 Å². The van der Waals surface area contributed by atoms with Crippen molar-refractivity contribution in [1.29, 1.82) is 0 Å². The van der Waals surface area contributed by atoms with E-state index in [1.165, 1.54) is 6.07 Å². The van der Waals surface area contributed by atoms with Crippen molar-refractivity contribution in [3.63, 3.8) is 0 Å². The molecule has 2 N–H and O–H groups in total. The summed E-state index contributed by atoms with van der Waals surface area (Å²) in [5.74, 6) is -2.83. The van der Waals surface area contributed by atoms with E-state index in [9.17, 15) is 18.4 Å². The Labute approximate surface area is 135 Å². The van der Waals surface area contributed by atoms with Crippen LogP contribution < -0.4 is 10.6 Å². The molecular weight excluding hydrogens is 314 g/mol. The lowest BCUT2D eigenvalue weighted by molar-refractivity contribution is -0.117. The van der Waals surface area contributed by atoms with Gasteiger partial charge in [0.05, 0.1) is 28.1 Å². The Hall–Kier alpha value is -3.28. The minimum atomic E-state index is -0.847. The molecule has 2 heterocycles. The molecule has 0 unspecified atom stereocenters. The average molecular weight is 324 g/mol. The van der Waals surface area contributed by atoms with Crippen molar-refractivity contribution in [1.82, 2.24) is 10.6 Å². The van der Waals surface area contributed by atoms with Crippen molar-refractivity contribution in [2.24, 2.45) is 0 Å². The fourth-order valence-electron chi connectivity index (χ4n) is 2.93. The first kappa shape index (κ1) is 14.3. The van der Waals surface area contributed by atoms with Crippen molar-refractivity contribution in [2.45, 2.75) is 0 Å². The molecule has 2 aliphatic heterocycles. The summed E-state index contributed by atoms with van der Waals surface area (Å²) < 4.78 is 28.1. The van der Waals surface area contributed by atoms with Crippen LogP contribution in [0.25, 0.3) is 11.4 Å². The summed E-state index contributed by atoms with van der Waals surface area (Å²) in [4.78, 5) is 24.7. The van der Waals surface area contributed by atoms with Gasteiger partial charge in [0.25, 0.3) is 11.8 Å². The highest BCUT2D eigenvalue weighted by Crippen LogP contribution is 2.38. The van der Waals surface area contributed by atoms with Crippen LogP contribution in [-0.4, -0.2) is 11.8 Å². The molecule has 24 heavy (non-hydrogen) atoms. The normalized spacial score (nSPS) is 16.4. The SMILES string of the molecule is O=C1NC(c2c(F)cccc2F)=C2C(=O)NC(c3ccccc3)=C12. The van der Waals surface area contributed by atoms with E-state index in [4.69, 9.17) is 0 Å². The Balaban J connectivity index is 1.97. The lowest BCUT2D eigenvalue weighted by Gasteiger charge is -2.08. The molecule has 0 aromatic heterocycles. The second kappa shape index (κ2) is 5.13. The summed E-state index contributed by atoms with van der Waals surface area (Å²) in [6.45, 7) is 0. The monoisotopic (exact) mass is 324 g/mol. The van der Waals surface area contributed by atoms with E-state index >= 15 is 0 Å². The van der Waals surface area contributed by atoms with Gasteiger partial charge in [0.1, 0.15) is 11.6 Å². The molecule has 0 bridgehead atoms. The number of fused-ring (bicyclic) bond motifs is 1. The molecular formula is C18H10F2N2O2. The van der Waals surface area contributed by atoms with Gasteiger partial charge in [0, 0.05) is 0 Å². The van der Waals surface area contributed by atoms with E-state index in [2.05, 4.69) is 10.6 Å². The smallest absolute Gasteiger partial charge is 0.258 e. The minimum absolute atomic E-state index is 0.0390. The number of hydrogen-bond acceptors (Lipinski definition) is 2. The van der Waals surface area contributed by atoms with Gasteiger partial charge in [-0.3, -0.25) is 9.59 Å². The third kappa shape index (κ3) is 1.96. The predicted molar refractivity (Wildman–Crippen MR) is 82.9 cm³/mol. The molecule has 6 heteroatoms. The lowest BCUT2D eigenvalue weighted by atomic mass is 10.0. The van der Waals surface area contributed by atoms with Gasteiger partial charge in [0.2, 0.25) is 0 Å². The van der Waals surface area contributed by atoms with Crippen molar-refractivity contribution in [3.8, 4) is 0 Å². The van der Waals surface area contributed by atoms with Crippen molar-refractivity contribution in [2.75, 3.05) is 0 Å². The van der Waals surface area contributed by atoms with Gasteiger partial charge >= 0.3 is 0 Å². The fraction of sp³-hybridized carbons (Fsp3) is 0. The van der Waals surface area contributed by atoms with Crippen molar-refractivity contribution in [3.05, 3.63) is 82.4 Å². The molecule has 0 saturated heterocycles. The molecule has 2 aromatic rings. The number of benzene rings is 2. The zero-order chi connectivity index (χ0) is 16.8. The maximum Gasteiger partial charge on any atom is 0.258 e. The highest BCUT2D eigenvalue weighted by Gasteiger charge is 2.42. The second-order valence-corrected chi connectivity index (χ2v) is 5.37. The zero-order valence-electron chi connectivity index (χ0n) is 12.2. The van der Waals surface area contributed by atoms with Gasteiger partial charge < -0.3 is 10.6 Å². The molecule has 0 radical (unpaired) electrons. The molecule has 0 atom stereocenters. The Morgan fingerprint density at radius 3 is 1.83 bits per heavy atom. The van der Waals surface area contributed by atoms with Gasteiger partial charge in [-0.2, -0.15) is 0 Å². The molecule has 118 valence electrons. The molecule has 4 rings (SSSR count). The first-order valence-electron chi connectivity index (χ1n) is 7.19. The standard InChI is InChI=1S/C18H10F2N2O2/c19-10-7-4-8-11(20)12(10)16-14-13(17(23)22-16)15(21-18(14)24)9-5-2-1-3-6-9/h1-8H,(H,21,24)(H,22,23). The molecule has 4 nitrogen and oxygen atoms in total. The second-order valence-electron chi connectivity index (χ2n) is 5.37. The van der Waals surface area contributed by atoms with Crippen LogP contribution in [0.3, 0.4) is 0 Å². The third-order valence-electron chi connectivity index (χ3n) is 3.96. The van der Waals surface area contributed by atoms with E-state index in [1.807, 2.05) is 0 Å². The summed E-state index contributed by atoms with van der Waals surface area (Å²) in [6, 6.07) is 12.2. The maximum absolute atomic E-state index is 14.1. The molecule has 0 aliphatic carbocycles. The number of rotatable bonds is 2. The van der Waals surface area contributed by atoms with Gasteiger partial charge in [0.15, 0.2) is 0 Å². The topological polar surface area (TPSA) is 58.2 Å². The summed E-state index contributed by atoms with van der Waals surface area (Å²) in [5, 5.41) is 5.04.